The van der Waals surface area contributed by atoms with Gasteiger partial charge in [0.1, 0.15) is 23.4 Å². The number of rotatable bonds is 3. The molecule has 1 atom stereocenters. The molecular weight excluding hydrogens is 334 g/mol. The molecule has 2 amide bonds. The van der Waals surface area contributed by atoms with Crippen molar-refractivity contribution in [2.24, 2.45) is 0 Å². The van der Waals surface area contributed by atoms with E-state index in [0.717, 1.165) is 25.0 Å². The first-order chi connectivity index (χ1) is 9.47. The van der Waals surface area contributed by atoms with Crippen LogP contribution < -0.4 is 5.32 Å². The van der Waals surface area contributed by atoms with Crippen LogP contribution in [-0.4, -0.2) is 28.8 Å². The van der Waals surface area contributed by atoms with E-state index in [1.165, 1.54) is 4.90 Å². The van der Waals surface area contributed by atoms with Crippen LogP contribution in [0.15, 0.2) is 16.6 Å². The van der Waals surface area contributed by atoms with Gasteiger partial charge in [-0.15, -0.1) is 0 Å². The standard InChI is InChI=1S/C13H11BrF2N2O2/c14-6-3-8(15)12(9(16)4-6)17-10-5-11(19)18(13(10)20)7-1-2-7/h3-4,7,10,17H,1-2,5H2. The Hall–Kier alpha value is -1.50. The number of amides is 2. The molecular formula is C13H11BrF2N2O2. The van der Waals surface area contributed by atoms with Gasteiger partial charge in [-0.25, -0.2) is 8.78 Å². The fraction of sp³-hybridized carbons (Fsp3) is 0.385. The van der Waals surface area contributed by atoms with Crippen LogP contribution in [0.5, 0.6) is 0 Å². The van der Waals surface area contributed by atoms with E-state index in [4.69, 9.17) is 0 Å². The van der Waals surface area contributed by atoms with Crippen LogP contribution in [-0.2, 0) is 9.59 Å². The molecule has 7 heteroatoms. The highest BCUT2D eigenvalue weighted by Crippen LogP contribution is 2.33. The zero-order chi connectivity index (χ0) is 14.4. The smallest absolute Gasteiger partial charge is 0.252 e. The van der Waals surface area contributed by atoms with Gasteiger partial charge >= 0.3 is 0 Å². The maximum atomic E-state index is 13.7. The number of benzene rings is 1. The van der Waals surface area contributed by atoms with Crippen LogP contribution in [0.1, 0.15) is 19.3 Å². The van der Waals surface area contributed by atoms with E-state index in [9.17, 15) is 18.4 Å². The van der Waals surface area contributed by atoms with Gasteiger partial charge in [0.2, 0.25) is 5.91 Å². The molecule has 1 saturated carbocycles. The number of carbonyl (C=O) groups excluding carboxylic acids is 2. The molecule has 0 spiro atoms. The number of nitrogens with one attached hydrogen (secondary N) is 1. The third kappa shape index (κ3) is 2.30. The quantitative estimate of drug-likeness (QED) is 0.856. The first kappa shape index (κ1) is 13.5. The molecule has 2 aliphatic rings. The van der Waals surface area contributed by atoms with Crippen molar-refractivity contribution in [2.75, 3.05) is 5.32 Å². The van der Waals surface area contributed by atoms with Crippen molar-refractivity contribution in [3.05, 3.63) is 28.2 Å². The van der Waals surface area contributed by atoms with Gasteiger partial charge in [0.15, 0.2) is 0 Å². The van der Waals surface area contributed by atoms with Crippen LogP contribution in [0, 0.1) is 11.6 Å². The molecule has 20 heavy (non-hydrogen) atoms. The monoisotopic (exact) mass is 344 g/mol. The van der Waals surface area contributed by atoms with E-state index in [1.807, 2.05) is 0 Å². The summed E-state index contributed by atoms with van der Waals surface area (Å²) in [7, 11) is 0. The molecule has 1 aromatic rings. The molecule has 0 radical (unpaired) electrons. The second kappa shape index (κ2) is 4.80. The van der Waals surface area contributed by atoms with E-state index < -0.39 is 23.6 Å². The van der Waals surface area contributed by atoms with Crippen molar-refractivity contribution < 1.29 is 18.4 Å². The molecule has 1 aliphatic heterocycles. The zero-order valence-corrected chi connectivity index (χ0v) is 11.9. The largest absolute Gasteiger partial charge is 0.368 e. The molecule has 1 heterocycles. The molecule has 0 bridgehead atoms. The first-order valence-corrected chi connectivity index (χ1v) is 7.03. The van der Waals surface area contributed by atoms with Gasteiger partial charge in [0, 0.05) is 10.5 Å². The molecule has 1 N–H and O–H groups in total. The molecule has 1 aliphatic carbocycles. The summed E-state index contributed by atoms with van der Waals surface area (Å²) < 4.78 is 27.7. The maximum Gasteiger partial charge on any atom is 0.252 e. The summed E-state index contributed by atoms with van der Waals surface area (Å²) >= 11 is 2.98. The summed E-state index contributed by atoms with van der Waals surface area (Å²) in [5, 5.41) is 2.51. The third-order valence-corrected chi connectivity index (χ3v) is 3.88. The van der Waals surface area contributed by atoms with Crippen LogP contribution >= 0.6 is 15.9 Å². The van der Waals surface area contributed by atoms with Crippen molar-refractivity contribution in [1.29, 1.82) is 0 Å². The van der Waals surface area contributed by atoms with Crippen LogP contribution in [0.25, 0.3) is 0 Å². The number of nitrogens with zero attached hydrogens (tertiary/aromatic N) is 1. The minimum absolute atomic E-state index is 0.0265. The lowest BCUT2D eigenvalue weighted by atomic mass is 10.2. The fourth-order valence-corrected chi connectivity index (χ4v) is 2.74. The Morgan fingerprint density at radius 3 is 2.35 bits per heavy atom. The summed E-state index contributed by atoms with van der Waals surface area (Å²) in [5.74, 6) is -2.30. The Labute approximate surface area is 122 Å². The highest BCUT2D eigenvalue weighted by molar-refractivity contribution is 9.10. The molecule has 1 aromatic carbocycles. The number of anilines is 1. The average molecular weight is 345 g/mol. The third-order valence-electron chi connectivity index (χ3n) is 3.42. The Balaban J connectivity index is 1.82. The second-order valence-electron chi connectivity index (χ2n) is 4.98. The summed E-state index contributed by atoms with van der Waals surface area (Å²) in [4.78, 5) is 25.1. The Morgan fingerprint density at radius 1 is 1.20 bits per heavy atom. The number of hydrogen-bond acceptors (Lipinski definition) is 3. The second-order valence-corrected chi connectivity index (χ2v) is 5.89. The zero-order valence-electron chi connectivity index (χ0n) is 10.3. The number of likely N-dealkylation sites (tertiary alicyclic amines) is 1. The Bertz CT molecular complexity index is 581. The molecule has 0 aromatic heterocycles. The van der Waals surface area contributed by atoms with Crippen molar-refractivity contribution in [3.8, 4) is 0 Å². The molecule has 2 fully saturated rings. The number of halogens is 3. The average Bonchev–Trinajstić information content (AvgIpc) is 3.12. The first-order valence-electron chi connectivity index (χ1n) is 6.24. The normalized spacial score (nSPS) is 22.6. The Kier molecular flexibility index (Phi) is 3.24. The van der Waals surface area contributed by atoms with Crippen LogP contribution in [0.3, 0.4) is 0 Å². The number of carbonyl (C=O) groups is 2. The minimum Gasteiger partial charge on any atom is -0.368 e. The highest BCUT2D eigenvalue weighted by atomic mass is 79.9. The van der Waals surface area contributed by atoms with Crippen molar-refractivity contribution in [3.63, 3.8) is 0 Å². The van der Waals surface area contributed by atoms with Crippen LogP contribution in [0.4, 0.5) is 14.5 Å². The molecule has 1 unspecified atom stereocenters. The van der Waals surface area contributed by atoms with E-state index in [2.05, 4.69) is 21.2 Å². The van der Waals surface area contributed by atoms with E-state index in [1.54, 1.807) is 0 Å². The number of hydrogen-bond donors (Lipinski definition) is 1. The SMILES string of the molecule is O=C1CC(Nc2c(F)cc(Br)cc2F)C(=O)N1C1CC1. The topological polar surface area (TPSA) is 49.4 Å². The van der Waals surface area contributed by atoms with Gasteiger partial charge in [0.25, 0.3) is 5.91 Å². The van der Waals surface area contributed by atoms with E-state index in [0.29, 0.717) is 0 Å². The predicted molar refractivity (Wildman–Crippen MR) is 71.0 cm³/mol. The van der Waals surface area contributed by atoms with Gasteiger partial charge in [-0.05, 0) is 25.0 Å². The van der Waals surface area contributed by atoms with Crippen LogP contribution in [0.2, 0.25) is 0 Å². The highest BCUT2D eigenvalue weighted by Gasteiger charge is 2.46. The minimum atomic E-state index is -0.895. The van der Waals surface area contributed by atoms with Gasteiger partial charge in [-0.2, -0.15) is 0 Å². The summed E-state index contributed by atoms with van der Waals surface area (Å²) in [6.07, 6.45) is 1.56. The van der Waals surface area contributed by atoms with Gasteiger partial charge in [-0.3, -0.25) is 14.5 Å². The Morgan fingerprint density at radius 2 is 1.80 bits per heavy atom. The van der Waals surface area contributed by atoms with Crippen molar-refractivity contribution in [2.45, 2.75) is 31.3 Å². The van der Waals surface area contributed by atoms with Gasteiger partial charge in [-0.1, -0.05) is 15.9 Å². The molecule has 3 rings (SSSR count). The van der Waals surface area contributed by atoms with Crippen molar-refractivity contribution in [1.82, 2.24) is 4.90 Å². The van der Waals surface area contributed by atoms with Gasteiger partial charge < -0.3 is 5.32 Å². The van der Waals surface area contributed by atoms with E-state index in [-0.39, 0.29) is 28.5 Å². The maximum absolute atomic E-state index is 13.7. The number of imide groups is 1. The lowest BCUT2D eigenvalue weighted by molar-refractivity contribution is -0.139. The summed E-state index contributed by atoms with van der Waals surface area (Å²) in [6.45, 7) is 0. The molecule has 4 nitrogen and oxygen atoms in total. The lowest BCUT2D eigenvalue weighted by Crippen LogP contribution is -2.36. The lowest BCUT2D eigenvalue weighted by Gasteiger charge is -2.16. The summed E-state index contributed by atoms with van der Waals surface area (Å²) in [6, 6.07) is 1.28. The molecule has 1 saturated heterocycles. The van der Waals surface area contributed by atoms with Crippen molar-refractivity contribution >= 4 is 33.4 Å². The molecule has 106 valence electrons. The fourth-order valence-electron chi connectivity index (χ4n) is 2.33. The van der Waals surface area contributed by atoms with E-state index >= 15 is 0 Å². The summed E-state index contributed by atoms with van der Waals surface area (Å²) in [5.41, 5.74) is -0.378. The van der Waals surface area contributed by atoms with Gasteiger partial charge in [0.05, 0.1) is 6.42 Å². The predicted octanol–water partition coefficient (Wildman–Crippen LogP) is 2.43.